The maximum atomic E-state index is 12.8. The molecule has 1 aliphatic heterocycles. The highest BCUT2D eigenvalue weighted by atomic mass is 16.3. The smallest absolute Gasteiger partial charge is 0.329 e. The number of aromatic nitrogens is 3. The van der Waals surface area contributed by atoms with Crippen molar-refractivity contribution in [1.29, 1.82) is 0 Å². The minimum absolute atomic E-state index is 0.109. The van der Waals surface area contributed by atoms with Crippen LogP contribution in [-0.4, -0.2) is 32.7 Å². The maximum absolute atomic E-state index is 12.8. The molecule has 1 unspecified atom stereocenters. The molecule has 0 amide bonds. The Hall–Kier alpha value is -2.93. The topological polar surface area (TPSA) is 100 Å². The number of phenols is 1. The number of aromatic amines is 1. The molecule has 7 heteroatoms. The molecule has 0 aliphatic carbocycles. The number of piperidine rings is 1. The third-order valence-corrected chi connectivity index (χ3v) is 5.02. The van der Waals surface area contributed by atoms with Crippen molar-refractivity contribution in [3.63, 3.8) is 0 Å². The van der Waals surface area contributed by atoms with E-state index in [0.29, 0.717) is 16.6 Å². The van der Waals surface area contributed by atoms with Gasteiger partial charge in [-0.05, 0) is 49.1 Å². The van der Waals surface area contributed by atoms with E-state index in [1.165, 1.54) is 7.05 Å². The maximum Gasteiger partial charge on any atom is 0.329 e. The molecule has 1 atom stereocenters. The van der Waals surface area contributed by atoms with Crippen LogP contribution in [0.3, 0.4) is 0 Å². The van der Waals surface area contributed by atoms with Gasteiger partial charge in [-0.1, -0.05) is 12.1 Å². The predicted octanol–water partition coefficient (Wildman–Crippen LogP) is 1.46. The number of pyridine rings is 1. The summed E-state index contributed by atoms with van der Waals surface area (Å²) in [6.45, 7) is 1.72. The van der Waals surface area contributed by atoms with E-state index in [0.717, 1.165) is 36.1 Å². The second-order valence-electron chi connectivity index (χ2n) is 6.68. The van der Waals surface area contributed by atoms with Crippen molar-refractivity contribution in [1.82, 2.24) is 19.9 Å². The Bertz CT molecular complexity index is 1090. The van der Waals surface area contributed by atoms with Crippen molar-refractivity contribution in [2.45, 2.75) is 18.8 Å². The molecule has 0 saturated carbocycles. The lowest BCUT2D eigenvalue weighted by molar-refractivity contribution is 0.463. The molecule has 0 bridgehead atoms. The molecule has 1 saturated heterocycles. The van der Waals surface area contributed by atoms with Gasteiger partial charge in [-0.15, -0.1) is 0 Å². The Morgan fingerprint density at radius 1 is 1.27 bits per heavy atom. The van der Waals surface area contributed by atoms with Gasteiger partial charge in [-0.2, -0.15) is 0 Å². The highest BCUT2D eigenvalue weighted by molar-refractivity contribution is 5.83. The molecule has 3 N–H and O–H groups in total. The quantitative estimate of drug-likeness (QED) is 0.648. The summed E-state index contributed by atoms with van der Waals surface area (Å²) in [5, 5.41) is 14.0. The van der Waals surface area contributed by atoms with E-state index in [9.17, 15) is 14.7 Å². The summed E-state index contributed by atoms with van der Waals surface area (Å²) in [7, 11) is 1.46. The molecule has 3 heterocycles. The molecular formula is C19H20N4O3. The first kappa shape index (κ1) is 16.5. The summed E-state index contributed by atoms with van der Waals surface area (Å²) in [5.41, 5.74) is 1.38. The van der Waals surface area contributed by atoms with Crippen LogP contribution in [-0.2, 0) is 7.05 Å². The summed E-state index contributed by atoms with van der Waals surface area (Å²) in [6, 6.07) is 8.79. The van der Waals surface area contributed by atoms with E-state index in [2.05, 4.69) is 15.3 Å². The van der Waals surface area contributed by atoms with Crippen molar-refractivity contribution in [3.05, 3.63) is 56.7 Å². The van der Waals surface area contributed by atoms with E-state index in [1.807, 2.05) is 12.1 Å². The summed E-state index contributed by atoms with van der Waals surface area (Å²) >= 11 is 0. The Labute approximate surface area is 149 Å². The van der Waals surface area contributed by atoms with Crippen molar-refractivity contribution < 1.29 is 5.11 Å². The fourth-order valence-corrected chi connectivity index (χ4v) is 3.59. The van der Waals surface area contributed by atoms with Crippen LogP contribution >= 0.6 is 0 Å². The third-order valence-electron chi connectivity index (χ3n) is 5.02. The standard InChI is InChI=1S/C19H20N4O3/c1-23-18(25)16-13(11-5-4-8-20-10-11)9-14(21-17(16)22-19(23)26)12-6-2-3-7-15(12)24/h2-3,6-7,9,11,20,24H,4-5,8,10H2,1H3,(H,21,22,26). The highest BCUT2D eigenvalue weighted by Gasteiger charge is 2.22. The number of hydrogen-bond acceptors (Lipinski definition) is 5. The zero-order chi connectivity index (χ0) is 18.3. The second-order valence-corrected chi connectivity index (χ2v) is 6.68. The van der Waals surface area contributed by atoms with Gasteiger partial charge in [0.1, 0.15) is 11.4 Å². The van der Waals surface area contributed by atoms with Crippen molar-refractivity contribution in [2.75, 3.05) is 13.1 Å². The fourth-order valence-electron chi connectivity index (χ4n) is 3.59. The van der Waals surface area contributed by atoms with Crippen molar-refractivity contribution in [2.24, 2.45) is 7.05 Å². The summed E-state index contributed by atoms with van der Waals surface area (Å²) in [4.78, 5) is 32.0. The zero-order valence-corrected chi connectivity index (χ0v) is 14.5. The number of nitrogens with one attached hydrogen (secondary N) is 2. The van der Waals surface area contributed by atoms with Gasteiger partial charge in [0.05, 0.1) is 11.1 Å². The van der Waals surface area contributed by atoms with Crippen LogP contribution < -0.4 is 16.6 Å². The molecule has 1 aliphatic rings. The largest absolute Gasteiger partial charge is 0.507 e. The number of aromatic hydroxyl groups is 1. The minimum atomic E-state index is -0.503. The lowest BCUT2D eigenvalue weighted by Gasteiger charge is -2.24. The van der Waals surface area contributed by atoms with Crippen LogP contribution in [0.2, 0.25) is 0 Å². The van der Waals surface area contributed by atoms with Crippen LogP contribution in [0.25, 0.3) is 22.3 Å². The fraction of sp³-hybridized carbons (Fsp3) is 0.316. The van der Waals surface area contributed by atoms with Crippen LogP contribution in [0, 0.1) is 0 Å². The van der Waals surface area contributed by atoms with E-state index in [4.69, 9.17) is 0 Å². The first-order valence-electron chi connectivity index (χ1n) is 8.69. The molecule has 1 fully saturated rings. The van der Waals surface area contributed by atoms with Gasteiger partial charge >= 0.3 is 5.69 Å². The van der Waals surface area contributed by atoms with E-state index in [1.54, 1.807) is 18.2 Å². The summed E-state index contributed by atoms with van der Waals surface area (Å²) < 4.78 is 1.07. The molecule has 4 rings (SSSR count). The monoisotopic (exact) mass is 352 g/mol. The predicted molar refractivity (Wildman–Crippen MR) is 99.6 cm³/mol. The summed E-state index contributed by atoms with van der Waals surface area (Å²) in [5.74, 6) is 0.260. The Balaban J connectivity index is 2.05. The molecular weight excluding hydrogens is 332 g/mol. The molecule has 26 heavy (non-hydrogen) atoms. The Morgan fingerprint density at radius 3 is 2.81 bits per heavy atom. The number of fused-ring (bicyclic) bond motifs is 1. The third kappa shape index (κ3) is 2.70. The van der Waals surface area contributed by atoms with Gasteiger partial charge in [0.25, 0.3) is 5.56 Å². The molecule has 134 valence electrons. The average Bonchev–Trinajstić information content (AvgIpc) is 2.66. The zero-order valence-electron chi connectivity index (χ0n) is 14.5. The lowest BCUT2D eigenvalue weighted by Crippen LogP contribution is -2.35. The molecule has 0 radical (unpaired) electrons. The van der Waals surface area contributed by atoms with Gasteiger partial charge < -0.3 is 10.4 Å². The second kappa shape index (κ2) is 6.42. The molecule has 0 spiro atoms. The number of benzene rings is 1. The first-order valence-corrected chi connectivity index (χ1v) is 8.69. The average molecular weight is 352 g/mol. The van der Waals surface area contributed by atoms with Crippen LogP contribution in [0.5, 0.6) is 5.75 Å². The van der Waals surface area contributed by atoms with E-state index in [-0.39, 0.29) is 22.9 Å². The lowest BCUT2D eigenvalue weighted by atomic mass is 9.89. The Morgan fingerprint density at radius 2 is 2.08 bits per heavy atom. The van der Waals surface area contributed by atoms with Gasteiger partial charge in [-0.3, -0.25) is 14.3 Å². The van der Waals surface area contributed by atoms with Crippen LogP contribution in [0.1, 0.15) is 24.3 Å². The van der Waals surface area contributed by atoms with E-state index >= 15 is 0 Å². The SMILES string of the molecule is Cn1c(=O)[nH]c2nc(-c3ccccc3O)cc(C3CCCNC3)c2c1=O. The number of para-hydroxylation sites is 1. The highest BCUT2D eigenvalue weighted by Crippen LogP contribution is 2.33. The summed E-state index contributed by atoms with van der Waals surface area (Å²) in [6.07, 6.45) is 1.97. The number of phenolic OH excluding ortho intramolecular Hbond substituents is 1. The van der Waals surface area contributed by atoms with Gasteiger partial charge in [0.15, 0.2) is 0 Å². The number of H-pyrrole nitrogens is 1. The first-order chi connectivity index (χ1) is 12.6. The van der Waals surface area contributed by atoms with Gasteiger partial charge in [-0.25, -0.2) is 9.78 Å². The molecule has 7 nitrogen and oxygen atoms in total. The van der Waals surface area contributed by atoms with Crippen molar-refractivity contribution in [3.8, 4) is 17.0 Å². The number of hydrogen-bond donors (Lipinski definition) is 3. The normalized spacial score (nSPS) is 17.5. The van der Waals surface area contributed by atoms with Gasteiger partial charge in [0.2, 0.25) is 0 Å². The van der Waals surface area contributed by atoms with Crippen molar-refractivity contribution >= 4 is 11.0 Å². The van der Waals surface area contributed by atoms with E-state index < -0.39 is 5.69 Å². The van der Waals surface area contributed by atoms with Gasteiger partial charge in [0, 0.05) is 19.2 Å². The molecule has 2 aromatic heterocycles. The van der Waals surface area contributed by atoms with Crippen LogP contribution in [0.4, 0.5) is 0 Å². The Kier molecular flexibility index (Phi) is 4.08. The van der Waals surface area contributed by atoms with Crippen LogP contribution in [0.15, 0.2) is 39.9 Å². The molecule has 1 aromatic carbocycles. The number of nitrogens with zero attached hydrogens (tertiary/aromatic N) is 2. The molecule has 3 aromatic rings. The number of rotatable bonds is 2. The minimum Gasteiger partial charge on any atom is -0.507 e.